The van der Waals surface area contributed by atoms with Crippen molar-refractivity contribution < 1.29 is 4.74 Å². The van der Waals surface area contributed by atoms with Crippen LogP contribution in [0.15, 0.2) is 36.9 Å². The highest BCUT2D eigenvalue weighted by Gasteiger charge is 2.04. The summed E-state index contributed by atoms with van der Waals surface area (Å²) in [6.07, 6.45) is 5.16. The molecule has 0 aromatic carbocycles. The Balaban J connectivity index is 1.76. The fourth-order valence-corrected chi connectivity index (χ4v) is 1.84. The number of aromatic nitrogens is 4. The minimum absolute atomic E-state index is 0.610. The lowest BCUT2D eigenvalue weighted by atomic mass is 10.3. The van der Waals surface area contributed by atoms with E-state index in [1.165, 1.54) is 6.33 Å². The van der Waals surface area contributed by atoms with E-state index < -0.39 is 0 Å². The van der Waals surface area contributed by atoms with Gasteiger partial charge >= 0.3 is 0 Å². The van der Waals surface area contributed by atoms with E-state index >= 15 is 0 Å². The summed E-state index contributed by atoms with van der Waals surface area (Å²) in [7, 11) is 1.60. The van der Waals surface area contributed by atoms with Crippen LogP contribution in [0.4, 0.5) is 5.82 Å². The minimum atomic E-state index is 0.610. The van der Waals surface area contributed by atoms with Gasteiger partial charge in [0, 0.05) is 25.0 Å². The van der Waals surface area contributed by atoms with Gasteiger partial charge in [-0.25, -0.2) is 15.0 Å². The van der Waals surface area contributed by atoms with Crippen molar-refractivity contribution in [3.8, 4) is 5.88 Å². The van der Waals surface area contributed by atoms with E-state index in [9.17, 15) is 0 Å². The molecule has 0 saturated carbocycles. The molecular weight excluding hydrogens is 242 g/mol. The number of ether oxygens (including phenoxy) is 1. The van der Waals surface area contributed by atoms with Crippen molar-refractivity contribution in [1.82, 2.24) is 19.9 Å². The van der Waals surface area contributed by atoms with Crippen LogP contribution < -0.4 is 10.1 Å². The van der Waals surface area contributed by atoms with Crippen LogP contribution in [0.25, 0.3) is 11.0 Å². The highest BCUT2D eigenvalue weighted by molar-refractivity contribution is 5.86. The average Bonchev–Trinajstić information content (AvgIpc) is 2.94. The number of hydrogen-bond donors (Lipinski definition) is 2. The summed E-state index contributed by atoms with van der Waals surface area (Å²) in [6.45, 7) is 0.647. The van der Waals surface area contributed by atoms with E-state index in [1.807, 2.05) is 24.4 Å². The van der Waals surface area contributed by atoms with E-state index in [0.29, 0.717) is 12.4 Å². The fraction of sp³-hybridized carbons (Fsp3) is 0.154. The molecule has 0 spiro atoms. The Morgan fingerprint density at radius 3 is 2.95 bits per heavy atom. The van der Waals surface area contributed by atoms with Gasteiger partial charge in [0.2, 0.25) is 5.88 Å². The summed E-state index contributed by atoms with van der Waals surface area (Å²) in [6, 6.07) is 5.75. The first-order chi connectivity index (χ1) is 9.36. The number of H-pyrrole nitrogens is 1. The zero-order valence-corrected chi connectivity index (χ0v) is 10.4. The normalized spacial score (nSPS) is 10.6. The van der Waals surface area contributed by atoms with Crippen molar-refractivity contribution in [2.24, 2.45) is 0 Å². The van der Waals surface area contributed by atoms with Gasteiger partial charge in [0.05, 0.1) is 12.5 Å². The molecule has 0 atom stereocenters. The maximum Gasteiger partial charge on any atom is 0.212 e. The van der Waals surface area contributed by atoms with E-state index in [1.54, 1.807) is 13.3 Å². The molecule has 2 N–H and O–H groups in total. The maximum atomic E-state index is 5.02. The van der Waals surface area contributed by atoms with Crippen LogP contribution in [-0.2, 0) is 6.54 Å². The molecule has 6 nitrogen and oxygen atoms in total. The first-order valence-electron chi connectivity index (χ1n) is 5.87. The van der Waals surface area contributed by atoms with Crippen molar-refractivity contribution in [3.05, 3.63) is 42.5 Å². The fourth-order valence-electron chi connectivity index (χ4n) is 1.84. The number of hydrogen-bond acceptors (Lipinski definition) is 5. The summed E-state index contributed by atoms with van der Waals surface area (Å²) in [5.41, 5.74) is 1.88. The van der Waals surface area contributed by atoms with E-state index in [4.69, 9.17) is 4.74 Å². The Kier molecular flexibility index (Phi) is 2.97. The van der Waals surface area contributed by atoms with Gasteiger partial charge < -0.3 is 15.0 Å². The van der Waals surface area contributed by atoms with Gasteiger partial charge in [0.25, 0.3) is 0 Å². The molecule has 0 bridgehead atoms. The molecule has 0 saturated heterocycles. The zero-order valence-electron chi connectivity index (χ0n) is 10.4. The SMILES string of the molecule is COc1ccc(CNc2ncnc3[nH]ccc23)cn1. The number of rotatable bonds is 4. The molecule has 3 aromatic heterocycles. The summed E-state index contributed by atoms with van der Waals surface area (Å²) in [5.74, 6) is 1.42. The molecule has 0 unspecified atom stereocenters. The lowest BCUT2D eigenvalue weighted by Crippen LogP contribution is -2.02. The second kappa shape index (κ2) is 4.93. The van der Waals surface area contributed by atoms with Crippen LogP contribution >= 0.6 is 0 Å². The van der Waals surface area contributed by atoms with Crippen LogP contribution in [-0.4, -0.2) is 27.0 Å². The second-order valence-corrected chi connectivity index (χ2v) is 4.02. The monoisotopic (exact) mass is 255 g/mol. The van der Waals surface area contributed by atoms with Gasteiger partial charge in [-0.15, -0.1) is 0 Å². The van der Waals surface area contributed by atoms with Gasteiger partial charge in [-0.1, -0.05) is 6.07 Å². The van der Waals surface area contributed by atoms with Crippen LogP contribution in [0.1, 0.15) is 5.56 Å². The van der Waals surface area contributed by atoms with E-state index in [0.717, 1.165) is 22.4 Å². The first kappa shape index (κ1) is 11.5. The molecular formula is C13H13N5O. The van der Waals surface area contributed by atoms with E-state index in [2.05, 4.69) is 25.3 Å². The quantitative estimate of drug-likeness (QED) is 0.745. The standard InChI is InChI=1S/C13H13N5O/c1-19-11-3-2-9(6-15-11)7-16-13-10-4-5-14-12(10)17-8-18-13/h2-6,8H,7H2,1H3,(H2,14,16,17,18). The number of pyridine rings is 1. The first-order valence-corrected chi connectivity index (χ1v) is 5.87. The van der Waals surface area contributed by atoms with Crippen molar-refractivity contribution in [2.45, 2.75) is 6.54 Å². The number of methoxy groups -OCH3 is 1. The minimum Gasteiger partial charge on any atom is -0.481 e. The molecule has 0 aliphatic carbocycles. The van der Waals surface area contributed by atoms with Crippen LogP contribution in [0.5, 0.6) is 5.88 Å². The molecule has 19 heavy (non-hydrogen) atoms. The molecule has 96 valence electrons. The molecule has 0 fully saturated rings. The number of anilines is 1. The zero-order chi connectivity index (χ0) is 13.1. The molecule has 0 aliphatic rings. The summed E-state index contributed by atoms with van der Waals surface area (Å²) in [5, 5.41) is 4.25. The largest absolute Gasteiger partial charge is 0.481 e. The van der Waals surface area contributed by atoms with Gasteiger partial charge in [0.15, 0.2) is 0 Å². The van der Waals surface area contributed by atoms with Crippen LogP contribution in [0.2, 0.25) is 0 Å². The Bertz CT molecular complexity index is 677. The molecule has 0 amide bonds. The lowest BCUT2D eigenvalue weighted by molar-refractivity contribution is 0.397. The Hall–Kier alpha value is -2.63. The third-order valence-corrected chi connectivity index (χ3v) is 2.82. The third-order valence-electron chi connectivity index (χ3n) is 2.82. The molecule has 3 aromatic rings. The highest BCUT2D eigenvalue weighted by atomic mass is 16.5. The molecule has 3 heterocycles. The van der Waals surface area contributed by atoms with Gasteiger partial charge in [-0.2, -0.15) is 0 Å². The Morgan fingerprint density at radius 2 is 2.16 bits per heavy atom. The number of nitrogens with zero attached hydrogens (tertiary/aromatic N) is 3. The smallest absolute Gasteiger partial charge is 0.212 e. The highest BCUT2D eigenvalue weighted by Crippen LogP contribution is 2.18. The topological polar surface area (TPSA) is 75.7 Å². The second-order valence-electron chi connectivity index (χ2n) is 4.02. The summed E-state index contributed by atoms with van der Waals surface area (Å²) >= 11 is 0. The maximum absolute atomic E-state index is 5.02. The third kappa shape index (κ3) is 2.33. The Labute approximate surface area is 109 Å². The van der Waals surface area contributed by atoms with E-state index in [-0.39, 0.29) is 0 Å². The molecule has 0 aliphatic heterocycles. The van der Waals surface area contributed by atoms with Gasteiger partial charge in [-0.3, -0.25) is 0 Å². The molecule has 0 radical (unpaired) electrons. The summed E-state index contributed by atoms with van der Waals surface area (Å²) in [4.78, 5) is 15.6. The van der Waals surface area contributed by atoms with Crippen molar-refractivity contribution in [2.75, 3.05) is 12.4 Å². The van der Waals surface area contributed by atoms with Crippen molar-refractivity contribution in [1.29, 1.82) is 0 Å². The van der Waals surface area contributed by atoms with Crippen LogP contribution in [0.3, 0.4) is 0 Å². The van der Waals surface area contributed by atoms with Crippen molar-refractivity contribution >= 4 is 16.9 Å². The molecule has 3 rings (SSSR count). The number of aromatic amines is 1. The number of fused-ring (bicyclic) bond motifs is 1. The predicted molar refractivity (Wildman–Crippen MR) is 72.0 cm³/mol. The molecule has 6 heteroatoms. The van der Waals surface area contributed by atoms with Crippen LogP contribution in [0, 0.1) is 0 Å². The van der Waals surface area contributed by atoms with Gasteiger partial charge in [0.1, 0.15) is 17.8 Å². The summed E-state index contributed by atoms with van der Waals surface area (Å²) < 4.78 is 5.02. The average molecular weight is 255 g/mol. The Morgan fingerprint density at radius 1 is 1.21 bits per heavy atom. The predicted octanol–water partition coefficient (Wildman–Crippen LogP) is 1.97. The van der Waals surface area contributed by atoms with Gasteiger partial charge in [-0.05, 0) is 11.6 Å². The lowest BCUT2D eigenvalue weighted by Gasteiger charge is -2.06. The van der Waals surface area contributed by atoms with Crippen molar-refractivity contribution in [3.63, 3.8) is 0 Å². The number of nitrogens with one attached hydrogen (secondary N) is 2.